The number of hydrogen-bond acceptors (Lipinski definition) is 1. The van der Waals surface area contributed by atoms with E-state index >= 15 is 0 Å². The number of aliphatic hydroxyl groups is 1. The van der Waals surface area contributed by atoms with Crippen LogP contribution in [0.5, 0.6) is 0 Å². The first-order valence-corrected chi connectivity index (χ1v) is 3.46. The second-order valence-corrected chi connectivity index (χ2v) is 2.69. The van der Waals surface area contributed by atoms with E-state index in [0.29, 0.717) is 5.71 Å². The lowest BCUT2D eigenvalue weighted by atomic mass is 9.94. The summed E-state index contributed by atoms with van der Waals surface area (Å²) in [6, 6.07) is 0. The van der Waals surface area contributed by atoms with Crippen molar-refractivity contribution < 1.29 is 9.90 Å². The summed E-state index contributed by atoms with van der Waals surface area (Å²) in [5.74, 6) is 0.229. The fraction of sp³-hybridized carbons (Fsp3) is 0.375. The Morgan fingerprint density at radius 3 is 2.73 bits per heavy atom. The van der Waals surface area contributed by atoms with Gasteiger partial charge in [0.25, 0.3) is 0 Å². The maximum absolute atomic E-state index is 9.11. The van der Waals surface area contributed by atoms with E-state index in [1.807, 2.05) is 6.92 Å². The molecule has 0 amide bonds. The Labute approximate surface area is 65.3 Å². The summed E-state index contributed by atoms with van der Waals surface area (Å²) in [4.78, 5) is 3.14. The molecule has 0 aliphatic heterocycles. The normalized spacial score (nSPS) is 23.8. The average Bonchev–Trinajstić information content (AvgIpc) is 1.85. The van der Waals surface area contributed by atoms with Crippen LogP contribution in [0.25, 0.3) is 5.53 Å². The average molecular weight is 150 g/mol. The fourth-order valence-electron chi connectivity index (χ4n) is 1.21. The summed E-state index contributed by atoms with van der Waals surface area (Å²) >= 11 is 0. The number of nitrogens with zero attached hydrogens (tertiary/aromatic N) is 2. The Bertz CT molecular complexity index is 282. The van der Waals surface area contributed by atoms with Crippen molar-refractivity contribution in [3.8, 4) is 0 Å². The summed E-state index contributed by atoms with van der Waals surface area (Å²) in [5, 5.41) is 9.11. The molecule has 0 fully saturated rings. The van der Waals surface area contributed by atoms with Gasteiger partial charge in [-0.3, -0.25) is 0 Å². The smallest absolute Gasteiger partial charge is 0.301 e. The molecule has 0 aromatic rings. The number of aliphatic hydroxyl groups excluding tert-OH is 1. The van der Waals surface area contributed by atoms with Gasteiger partial charge in [-0.2, -0.15) is 4.79 Å². The van der Waals surface area contributed by atoms with Crippen molar-refractivity contribution in [1.82, 2.24) is 0 Å². The summed E-state index contributed by atoms with van der Waals surface area (Å²) < 4.78 is 0. The van der Waals surface area contributed by atoms with Gasteiger partial charge < -0.3 is 10.6 Å². The number of hydrogen-bond donors (Lipinski definition) is 1. The summed E-state index contributed by atoms with van der Waals surface area (Å²) in [5.41, 5.74) is 9.97. The maximum Gasteiger partial charge on any atom is 0.301 e. The first-order valence-electron chi connectivity index (χ1n) is 3.46. The zero-order chi connectivity index (χ0) is 8.43. The Hall–Kier alpha value is -1.34. The van der Waals surface area contributed by atoms with Crippen molar-refractivity contribution >= 4 is 5.71 Å². The zero-order valence-electron chi connectivity index (χ0n) is 6.57. The molecule has 1 N–H and O–H groups in total. The van der Waals surface area contributed by atoms with Crippen LogP contribution in [0.2, 0.25) is 0 Å². The van der Waals surface area contributed by atoms with Crippen LogP contribution in [-0.4, -0.2) is 15.6 Å². The molecule has 0 aromatic heterocycles. The molecule has 0 radical (unpaired) electrons. The van der Waals surface area contributed by atoms with E-state index in [4.69, 9.17) is 10.6 Å². The molecule has 3 nitrogen and oxygen atoms in total. The van der Waals surface area contributed by atoms with Gasteiger partial charge in [-0.25, -0.2) is 0 Å². The van der Waals surface area contributed by atoms with Gasteiger partial charge in [0.05, 0.1) is 5.92 Å². The van der Waals surface area contributed by atoms with E-state index in [1.165, 1.54) is 0 Å². The van der Waals surface area contributed by atoms with Crippen LogP contribution in [0, 0.1) is 5.92 Å². The molecule has 11 heavy (non-hydrogen) atoms. The van der Waals surface area contributed by atoms with Crippen molar-refractivity contribution in [1.29, 1.82) is 0 Å². The predicted molar refractivity (Wildman–Crippen MR) is 42.3 cm³/mol. The molecule has 0 spiro atoms. The van der Waals surface area contributed by atoms with Gasteiger partial charge in [0.15, 0.2) is 0 Å². The summed E-state index contributed by atoms with van der Waals surface area (Å²) in [6.45, 7) is 3.66. The molecule has 0 saturated heterocycles. The Morgan fingerprint density at radius 2 is 2.27 bits per heavy atom. The molecule has 1 atom stereocenters. The van der Waals surface area contributed by atoms with Crippen LogP contribution in [0.3, 0.4) is 0 Å². The Balaban J connectivity index is 3.10. The molecule has 1 aliphatic carbocycles. The van der Waals surface area contributed by atoms with Crippen molar-refractivity contribution in [3.63, 3.8) is 0 Å². The molecule has 1 rings (SSSR count). The quantitative estimate of drug-likeness (QED) is 0.414. The van der Waals surface area contributed by atoms with Crippen LogP contribution in [-0.2, 0) is 0 Å². The lowest BCUT2D eigenvalue weighted by molar-refractivity contribution is -0.00990. The second kappa shape index (κ2) is 2.72. The third-order valence-electron chi connectivity index (χ3n) is 1.73. The zero-order valence-corrected chi connectivity index (χ0v) is 6.57. The maximum atomic E-state index is 9.11. The highest BCUT2D eigenvalue weighted by atomic mass is 16.3. The van der Waals surface area contributed by atoms with Crippen molar-refractivity contribution in [2.75, 3.05) is 0 Å². The van der Waals surface area contributed by atoms with Gasteiger partial charge in [0.2, 0.25) is 0 Å². The van der Waals surface area contributed by atoms with Crippen LogP contribution in [0.15, 0.2) is 23.5 Å². The SMILES string of the molecule is CC1=CC(O)=CC(C)C1=[N+]=[N-]. The van der Waals surface area contributed by atoms with E-state index in [-0.39, 0.29) is 11.7 Å². The molecule has 0 saturated carbocycles. The Morgan fingerprint density at radius 1 is 1.64 bits per heavy atom. The highest BCUT2D eigenvalue weighted by molar-refractivity contribution is 5.99. The van der Waals surface area contributed by atoms with E-state index < -0.39 is 0 Å². The van der Waals surface area contributed by atoms with E-state index in [1.54, 1.807) is 19.1 Å². The van der Waals surface area contributed by atoms with Crippen molar-refractivity contribution in [2.24, 2.45) is 5.92 Å². The van der Waals surface area contributed by atoms with Gasteiger partial charge in [0.1, 0.15) is 5.76 Å². The first kappa shape index (κ1) is 7.76. The molecule has 0 heterocycles. The molecular formula is C8H10N2O. The second-order valence-electron chi connectivity index (χ2n) is 2.69. The fourth-order valence-corrected chi connectivity index (χ4v) is 1.21. The van der Waals surface area contributed by atoms with Crippen LogP contribution in [0.4, 0.5) is 0 Å². The standard InChI is InChI=1S/C8H10N2O/c1-5-3-7(11)4-6(2)8(5)10-9/h3-5,11H,1-2H3. The predicted octanol–water partition coefficient (Wildman–Crippen LogP) is 1.70. The minimum Gasteiger partial charge on any atom is -0.508 e. The first-order chi connectivity index (χ1) is 5.15. The third kappa shape index (κ3) is 1.38. The van der Waals surface area contributed by atoms with Crippen molar-refractivity contribution in [2.45, 2.75) is 13.8 Å². The minimum absolute atomic E-state index is 0.00926. The minimum atomic E-state index is -0.00926. The number of allylic oxidation sites excluding steroid dienone is 3. The lowest BCUT2D eigenvalue weighted by Gasteiger charge is -2.07. The van der Waals surface area contributed by atoms with Crippen LogP contribution >= 0.6 is 0 Å². The molecule has 1 aliphatic rings. The molecule has 1 unspecified atom stereocenters. The number of rotatable bonds is 0. The highest BCUT2D eigenvalue weighted by Gasteiger charge is 2.22. The van der Waals surface area contributed by atoms with Crippen LogP contribution < -0.4 is 0 Å². The van der Waals surface area contributed by atoms with Gasteiger partial charge in [-0.05, 0) is 26.0 Å². The summed E-state index contributed by atoms with van der Waals surface area (Å²) in [6.07, 6.45) is 3.22. The van der Waals surface area contributed by atoms with E-state index in [9.17, 15) is 0 Å². The molecule has 0 aromatic carbocycles. The topological polar surface area (TPSA) is 56.6 Å². The molecule has 3 heteroatoms. The summed E-state index contributed by atoms with van der Waals surface area (Å²) in [7, 11) is 0. The molecular weight excluding hydrogens is 140 g/mol. The van der Waals surface area contributed by atoms with Crippen molar-refractivity contribution in [3.05, 3.63) is 29.0 Å². The van der Waals surface area contributed by atoms with E-state index in [2.05, 4.69) is 4.79 Å². The van der Waals surface area contributed by atoms with Gasteiger partial charge in [-0.1, -0.05) is 0 Å². The van der Waals surface area contributed by atoms with Gasteiger partial charge in [0, 0.05) is 5.57 Å². The lowest BCUT2D eigenvalue weighted by Crippen LogP contribution is -2.15. The van der Waals surface area contributed by atoms with Gasteiger partial charge in [-0.15, -0.1) is 0 Å². The molecule has 58 valence electrons. The van der Waals surface area contributed by atoms with E-state index in [0.717, 1.165) is 5.57 Å². The monoisotopic (exact) mass is 150 g/mol. The Kier molecular flexibility index (Phi) is 1.92. The third-order valence-corrected chi connectivity index (χ3v) is 1.73. The highest BCUT2D eigenvalue weighted by Crippen LogP contribution is 2.16. The molecule has 0 bridgehead atoms. The largest absolute Gasteiger partial charge is 0.508 e. The van der Waals surface area contributed by atoms with Gasteiger partial charge >= 0.3 is 5.71 Å². The van der Waals surface area contributed by atoms with Crippen LogP contribution in [0.1, 0.15) is 13.8 Å².